The van der Waals surface area contributed by atoms with E-state index in [-0.39, 0.29) is 13.8 Å². The molecule has 0 saturated heterocycles. The SMILES string of the molecule is CC(CC(F)(F)F)C(F)(C(C)(F)F)C(O)(F)F. The van der Waals surface area contributed by atoms with Crippen LogP contribution in [0.4, 0.5) is 35.1 Å². The fourth-order valence-electron chi connectivity index (χ4n) is 1.48. The molecule has 0 bridgehead atoms. The van der Waals surface area contributed by atoms with Crippen molar-refractivity contribution in [3.8, 4) is 0 Å². The van der Waals surface area contributed by atoms with Crippen molar-refractivity contribution in [2.24, 2.45) is 5.92 Å². The van der Waals surface area contributed by atoms with Crippen molar-refractivity contribution in [1.29, 1.82) is 0 Å². The molecule has 1 N–H and O–H groups in total. The molecule has 0 rings (SSSR count). The molecule has 9 heteroatoms. The van der Waals surface area contributed by atoms with Crippen molar-refractivity contribution in [3.63, 3.8) is 0 Å². The topological polar surface area (TPSA) is 20.2 Å². The van der Waals surface area contributed by atoms with Crippen LogP contribution in [0.25, 0.3) is 0 Å². The summed E-state index contributed by atoms with van der Waals surface area (Å²) < 4.78 is 99.4. The van der Waals surface area contributed by atoms with E-state index < -0.39 is 36.2 Å². The van der Waals surface area contributed by atoms with Crippen LogP contribution >= 0.6 is 0 Å². The maximum absolute atomic E-state index is 13.5. The maximum atomic E-state index is 13.5. The first-order valence-electron chi connectivity index (χ1n) is 4.36. The van der Waals surface area contributed by atoms with E-state index in [0.29, 0.717) is 0 Å². The lowest BCUT2D eigenvalue weighted by atomic mass is 9.82. The highest BCUT2D eigenvalue weighted by Gasteiger charge is 2.70. The molecule has 0 aromatic heterocycles. The quantitative estimate of drug-likeness (QED) is 0.778. The summed E-state index contributed by atoms with van der Waals surface area (Å²) in [5.41, 5.74) is -4.99. The third-order valence-corrected chi connectivity index (χ3v) is 2.29. The van der Waals surface area contributed by atoms with Crippen LogP contribution in [0.5, 0.6) is 0 Å². The van der Waals surface area contributed by atoms with Gasteiger partial charge in [0, 0.05) is 19.3 Å². The average molecular weight is 274 g/mol. The molecule has 1 nitrogen and oxygen atoms in total. The molecule has 104 valence electrons. The van der Waals surface area contributed by atoms with Crippen molar-refractivity contribution >= 4 is 0 Å². The van der Waals surface area contributed by atoms with Gasteiger partial charge in [-0.05, 0) is 0 Å². The van der Waals surface area contributed by atoms with E-state index in [4.69, 9.17) is 5.11 Å². The molecule has 0 spiro atoms. The van der Waals surface area contributed by atoms with Crippen LogP contribution in [0.15, 0.2) is 0 Å². The highest BCUT2D eigenvalue weighted by molar-refractivity contribution is 5.01. The van der Waals surface area contributed by atoms with E-state index in [1.165, 1.54) is 0 Å². The van der Waals surface area contributed by atoms with E-state index in [2.05, 4.69) is 0 Å². The van der Waals surface area contributed by atoms with Crippen molar-refractivity contribution in [1.82, 2.24) is 0 Å². The zero-order valence-corrected chi connectivity index (χ0v) is 8.76. The van der Waals surface area contributed by atoms with Crippen LogP contribution in [0, 0.1) is 5.92 Å². The molecule has 0 aliphatic heterocycles. The summed E-state index contributed by atoms with van der Waals surface area (Å²) in [7, 11) is 0. The Morgan fingerprint density at radius 2 is 1.29 bits per heavy atom. The molecule has 0 heterocycles. The van der Waals surface area contributed by atoms with Gasteiger partial charge in [0.15, 0.2) is 0 Å². The first-order valence-corrected chi connectivity index (χ1v) is 4.36. The summed E-state index contributed by atoms with van der Waals surface area (Å²) >= 11 is 0. The number of rotatable bonds is 4. The van der Waals surface area contributed by atoms with Crippen molar-refractivity contribution < 1.29 is 40.2 Å². The number of aliphatic hydroxyl groups is 1. The van der Waals surface area contributed by atoms with E-state index >= 15 is 0 Å². The summed E-state index contributed by atoms with van der Waals surface area (Å²) in [6.45, 7) is -0.0843. The second-order valence-electron chi connectivity index (χ2n) is 3.86. The predicted octanol–water partition coefficient (Wildman–Crippen LogP) is 3.52. The maximum Gasteiger partial charge on any atom is 0.393 e. The summed E-state index contributed by atoms with van der Waals surface area (Å²) in [4.78, 5) is 0. The Morgan fingerprint density at radius 3 is 1.47 bits per heavy atom. The van der Waals surface area contributed by atoms with Crippen molar-refractivity contribution in [2.45, 2.75) is 44.1 Å². The zero-order chi connectivity index (χ0) is 14.3. The van der Waals surface area contributed by atoms with Gasteiger partial charge < -0.3 is 5.11 Å². The monoisotopic (exact) mass is 274 g/mol. The lowest BCUT2D eigenvalue weighted by Gasteiger charge is -2.38. The Labute approximate surface area is 91.4 Å². The molecular weight excluding hydrogens is 264 g/mol. The molecule has 0 aromatic carbocycles. The third kappa shape index (κ3) is 3.43. The Morgan fingerprint density at radius 1 is 0.941 bits per heavy atom. The molecule has 0 aromatic rings. The summed E-state index contributed by atoms with van der Waals surface area (Å²) in [6.07, 6.45) is -12.9. The first-order chi connectivity index (χ1) is 7.13. The minimum Gasteiger partial charge on any atom is -0.334 e. The molecule has 2 unspecified atom stereocenters. The molecule has 0 radical (unpaired) electrons. The number of hydrogen-bond acceptors (Lipinski definition) is 1. The zero-order valence-electron chi connectivity index (χ0n) is 8.76. The number of alkyl halides is 8. The summed E-state index contributed by atoms with van der Waals surface area (Å²) in [6, 6.07) is 0. The van der Waals surface area contributed by atoms with Crippen LogP contribution in [-0.4, -0.2) is 29.0 Å². The van der Waals surface area contributed by atoms with Crippen LogP contribution in [0.2, 0.25) is 0 Å². The molecule has 0 amide bonds. The van der Waals surface area contributed by atoms with Gasteiger partial charge >= 0.3 is 12.3 Å². The Kier molecular flexibility index (Phi) is 4.10. The second kappa shape index (κ2) is 4.25. The van der Waals surface area contributed by atoms with Gasteiger partial charge in [-0.25, -0.2) is 13.2 Å². The lowest BCUT2D eigenvalue weighted by Crippen LogP contribution is -2.60. The van der Waals surface area contributed by atoms with Gasteiger partial charge in [-0.2, -0.15) is 22.0 Å². The lowest BCUT2D eigenvalue weighted by molar-refractivity contribution is -0.353. The Hall–Kier alpha value is -0.600. The van der Waals surface area contributed by atoms with Crippen LogP contribution < -0.4 is 0 Å². The molecule has 0 aliphatic rings. The molecule has 0 fully saturated rings. The highest BCUT2D eigenvalue weighted by Crippen LogP contribution is 2.50. The Balaban J connectivity index is 5.38. The second-order valence-corrected chi connectivity index (χ2v) is 3.86. The van der Waals surface area contributed by atoms with Gasteiger partial charge in [-0.1, -0.05) is 6.92 Å². The van der Waals surface area contributed by atoms with Crippen molar-refractivity contribution in [2.75, 3.05) is 0 Å². The van der Waals surface area contributed by atoms with Crippen molar-refractivity contribution in [3.05, 3.63) is 0 Å². The molecule has 0 aliphatic carbocycles. The van der Waals surface area contributed by atoms with E-state index in [1.807, 2.05) is 0 Å². The molecule has 2 atom stereocenters. The normalized spacial score (nSPS) is 19.9. The first kappa shape index (κ1) is 16.4. The molecule has 17 heavy (non-hydrogen) atoms. The summed E-state index contributed by atoms with van der Waals surface area (Å²) in [5.74, 6) is -7.65. The van der Waals surface area contributed by atoms with Crippen LogP contribution in [0.3, 0.4) is 0 Å². The van der Waals surface area contributed by atoms with Crippen LogP contribution in [-0.2, 0) is 0 Å². The van der Waals surface area contributed by atoms with Gasteiger partial charge in [0.05, 0.1) is 0 Å². The number of halogens is 8. The standard InChI is InChI=1S/C8H10F8O/c1-4(3-6(11,12)13)7(14,5(2,9)10)8(15,16)17/h4,17H,3H2,1-2H3. The summed E-state index contributed by atoms with van der Waals surface area (Å²) in [5, 5.41) is 8.08. The minimum absolute atomic E-state index is 0.231. The fraction of sp³-hybridized carbons (Fsp3) is 1.00. The van der Waals surface area contributed by atoms with Gasteiger partial charge in [-0.15, -0.1) is 0 Å². The van der Waals surface area contributed by atoms with E-state index in [9.17, 15) is 35.1 Å². The van der Waals surface area contributed by atoms with Gasteiger partial charge in [0.2, 0.25) is 0 Å². The average Bonchev–Trinajstić information content (AvgIpc) is 1.94. The van der Waals surface area contributed by atoms with Crippen LogP contribution in [0.1, 0.15) is 20.3 Å². The third-order valence-electron chi connectivity index (χ3n) is 2.29. The molecular formula is C8H10F8O. The Bertz CT molecular complexity index is 246. The predicted molar refractivity (Wildman–Crippen MR) is 41.5 cm³/mol. The van der Waals surface area contributed by atoms with E-state index in [0.717, 1.165) is 0 Å². The van der Waals surface area contributed by atoms with E-state index in [1.54, 1.807) is 0 Å². The number of hydrogen-bond donors (Lipinski definition) is 1. The largest absolute Gasteiger partial charge is 0.393 e. The minimum atomic E-state index is -5.59. The fourth-order valence-corrected chi connectivity index (χ4v) is 1.48. The highest BCUT2D eigenvalue weighted by atomic mass is 19.4. The van der Waals surface area contributed by atoms with Gasteiger partial charge in [-0.3, -0.25) is 0 Å². The smallest absolute Gasteiger partial charge is 0.334 e. The van der Waals surface area contributed by atoms with Gasteiger partial charge in [0.1, 0.15) is 0 Å². The molecule has 0 saturated carbocycles. The van der Waals surface area contributed by atoms with Gasteiger partial charge in [0.25, 0.3) is 11.6 Å².